The lowest BCUT2D eigenvalue weighted by atomic mass is 9.93. The lowest BCUT2D eigenvalue weighted by Gasteiger charge is -2.16. The largest absolute Gasteiger partial charge is 0.396 e. The quantitative estimate of drug-likeness (QED) is 0.766. The number of halogens is 3. The van der Waals surface area contributed by atoms with Crippen molar-refractivity contribution in [1.82, 2.24) is 0 Å². The van der Waals surface area contributed by atoms with Crippen molar-refractivity contribution in [2.24, 2.45) is 5.92 Å². The first kappa shape index (κ1) is 15.7. The van der Waals surface area contributed by atoms with E-state index in [1.54, 1.807) is 6.07 Å². The Labute approximate surface area is 135 Å². The third-order valence-corrected chi connectivity index (χ3v) is 4.79. The van der Waals surface area contributed by atoms with Gasteiger partial charge in [-0.05, 0) is 54.2 Å². The minimum Gasteiger partial charge on any atom is -0.396 e. The Kier molecular flexibility index (Phi) is 5.75. The molecule has 0 fully saturated rings. The van der Waals surface area contributed by atoms with Gasteiger partial charge in [-0.3, -0.25) is 0 Å². The van der Waals surface area contributed by atoms with E-state index in [0.717, 1.165) is 26.5 Å². The summed E-state index contributed by atoms with van der Waals surface area (Å²) in [4.78, 5) is 0. The van der Waals surface area contributed by atoms with Crippen molar-refractivity contribution in [2.75, 3.05) is 6.61 Å². The van der Waals surface area contributed by atoms with Crippen LogP contribution in [0.3, 0.4) is 0 Å². The summed E-state index contributed by atoms with van der Waals surface area (Å²) in [6, 6.07) is 12.6. The summed E-state index contributed by atoms with van der Waals surface area (Å²) in [7, 11) is 0. The van der Waals surface area contributed by atoms with Crippen molar-refractivity contribution < 1.29 is 9.50 Å². The summed E-state index contributed by atoms with van der Waals surface area (Å²) < 4.78 is 15.2. The summed E-state index contributed by atoms with van der Waals surface area (Å²) in [5, 5.41) is 9.58. The maximum atomic E-state index is 13.3. The minimum atomic E-state index is -0.249. The highest BCUT2D eigenvalue weighted by Gasteiger charge is 2.13. The van der Waals surface area contributed by atoms with E-state index in [2.05, 4.69) is 31.9 Å². The molecule has 20 heavy (non-hydrogen) atoms. The highest BCUT2D eigenvalue weighted by molar-refractivity contribution is 9.10. The Morgan fingerprint density at radius 2 is 1.60 bits per heavy atom. The van der Waals surface area contributed by atoms with Gasteiger partial charge in [-0.15, -0.1) is 0 Å². The number of aliphatic hydroxyl groups is 1. The van der Waals surface area contributed by atoms with E-state index < -0.39 is 0 Å². The Balaban J connectivity index is 2.13. The third kappa shape index (κ3) is 4.14. The Hall–Kier alpha value is -0.710. The van der Waals surface area contributed by atoms with Gasteiger partial charge >= 0.3 is 0 Å². The van der Waals surface area contributed by atoms with E-state index in [9.17, 15) is 9.50 Å². The maximum absolute atomic E-state index is 13.3. The monoisotopic (exact) mass is 400 g/mol. The van der Waals surface area contributed by atoms with Crippen LogP contribution in [0.25, 0.3) is 0 Å². The van der Waals surface area contributed by atoms with Crippen LogP contribution in [0.2, 0.25) is 0 Å². The lowest BCUT2D eigenvalue weighted by molar-refractivity contribution is 0.224. The summed E-state index contributed by atoms with van der Waals surface area (Å²) >= 11 is 6.95. The van der Waals surface area contributed by atoms with Crippen LogP contribution < -0.4 is 0 Å². The maximum Gasteiger partial charge on any atom is 0.123 e. The van der Waals surface area contributed by atoms with Crippen molar-refractivity contribution in [3.63, 3.8) is 0 Å². The molecule has 0 heterocycles. The molecule has 0 bridgehead atoms. The molecule has 0 aromatic heterocycles. The van der Waals surface area contributed by atoms with Crippen LogP contribution in [-0.4, -0.2) is 11.7 Å². The smallest absolute Gasteiger partial charge is 0.123 e. The molecule has 1 atom stereocenters. The SMILES string of the molecule is OCC(Cc1ccccc1Br)Cc1cc(F)ccc1Br. The zero-order valence-electron chi connectivity index (χ0n) is 10.8. The van der Waals surface area contributed by atoms with Gasteiger partial charge in [-0.2, -0.15) is 0 Å². The fourth-order valence-corrected chi connectivity index (χ4v) is 3.04. The van der Waals surface area contributed by atoms with Crippen LogP contribution >= 0.6 is 31.9 Å². The normalized spacial score (nSPS) is 12.4. The average molecular weight is 402 g/mol. The molecule has 106 valence electrons. The van der Waals surface area contributed by atoms with Gasteiger partial charge in [0.2, 0.25) is 0 Å². The first-order valence-corrected chi connectivity index (χ1v) is 7.97. The third-order valence-electron chi connectivity index (χ3n) is 3.24. The number of rotatable bonds is 5. The predicted octanol–water partition coefficient (Wildman–Crippen LogP) is 4.74. The van der Waals surface area contributed by atoms with Gasteiger partial charge in [0.15, 0.2) is 0 Å². The lowest BCUT2D eigenvalue weighted by Crippen LogP contribution is -2.13. The molecular weight excluding hydrogens is 387 g/mol. The van der Waals surface area contributed by atoms with Crippen LogP contribution in [0.15, 0.2) is 51.4 Å². The molecule has 0 aliphatic carbocycles. The van der Waals surface area contributed by atoms with Gasteiger partial charge in [-0.1, -0.05) is 50.1 Å². The topological polar surface area (TPSA) is 20.2 Å². The van der Waals surface area contributed by atoms with Crippen molar-refractivity contribution in [1.29, 1.82) is 0 Å². The molecule has 1 unspecified atom stereocenters. The summed E-state index contributed by atoms with van der Waals surface area (Å²) in [5.41, 5.74) is 2.04. The highest BCUT2D eigenvalue weighted by atomic mass is 79.9. The Morgan fingerprint density at radius 3 is 2.30 bits per heavy atom. The van der Waals surface area contributed by atoms with Crippen LogP contribution in [-0.2, 0) is 12.8 Å². The number of hydrogen-bond donors (Lipinski definition) is 1. The fraction of sp³-hybridized carbons (Fsp3) is 0.250. The molecule has 0 saturated carbocycles. The van der Waals surface area contributed by atoms with E-state index >= 15 is 0 Å². The van der Waals surface area contributed by atoms with Gasteiger partial charge in [0, 0.05) is 15.6 Å². The van der Waals surface area contributed by atoms with Crippen LogP contribution in [0.4, 0.5) is 4.39 Å². The van der Waals surface area contributed by atoms with Crippen LogP contribution in [0.1, 0.15) is 11.1 Å². The highest BCUT2D eigenvalue weighted by Crippen LogP contribution is 2.25. The molecule has 1 nitrogen and oxygen atoms in total. The first-order chi connectivity index (χ1) is 9.60. The molecule has 0 aliphatic rings. The molecule has 0 saturated heterocycles. The van der Waals surface area contributed by atoms with Crippen molar-refractivity contribution in [3.05, 3.63) is 68.4 Å². The molecule has 0 amide bonds. The molecule has 2 rings (SSSR count). The first-order valence-electron chi connectivity index (χ1n) is 6.38. The number of aliphatic hydroxyl groups excluding tert-OH is 1. The van der Waals surface area contributed by atoms with E-state index in [4.69, 9.17) is 0 Å². The molecule has 0 radical (unpaired) electrons. The molecule has 4 heteroatoms. The van der Waals surface area contributed by atoms with Crippen molar-refractivity contribution in [3.8, 4) is 0 Å². The fourth-order valence-electron chi connectivity index (χ4n) is 2.19. The van der Waals surface area contributed by atoms with Crippen molar-refractivity contribution in [2.45, 2.75) is 12.8 Å². The molecule has 0 spiro atoms. The standard InChI is InChI=1S/C16H15Br2FO/c17-15-4-2-1-3-12(15)7-11(10-20)8-13-9-14(19)5-6-16(13)18/h1-6,9,11,20H,7-8,10H2. The molecule has 1 N–H and O–H groups in total. The zero-order chi connectivity index (χ0) is 14.5. The number of benzene rings is 2. The van der Waals surface area contributed by atoms with Crippen LogP contribution in [0.5, 0.6) is 0 Å². The molecule has 0 aliphatic heterocycles. The second-order valence-electron chi connectivity index (χ2n) is 4.78. The van der Waals surface area contributed by atoms with E-state index in [-0.39, 0.29) is 18.3 Å². The van der Waals surface area contributed by atoms with Gasteiger partial charge < -0.3 is 5.11 Å². The van der Waals surface area contributed by atoms with Gasteiger partial charge in [0.25, 0.3) is 0 Å². The summed E-state index contributed by atoms with van der Waals surface area (Å²) in [6.07, 6.45) is 1.39. The Morgan fingerprint density at radius 1 is 0.950 bits per heavy atom. The van der Waals surface area contributed by atoms with Gasteiger partial charge in [0.05, 0.1) is 0 Å². The predicted molar refractivity (Wildman–Crippen MR) is 86.2 cm³/mol. The number of hydrogen-bond acceptors (Lipinski definition) is 1. The second-order valence-corrected chi connectivity index (χ2v) is 6.49. The van der Waals surface area contributed by atoms with Gasteiger partial charge in [-0.25, -0.2) is 4.39 Å². The second kappa shape index (κ2) is 7.34. The molecular formula is C16H15Br2FO. The van der Waals surface area contributed by atoms with Crippen LogP contribution in [0, 0.1) is 11.7 Å². The minimum absolute atomic E-state index is 0.0619. The van der Waals surface area contributed by atoms with E-state index in [1.165, 1.54) is 12.1 Å². The van der Waals surface area contributed by atoms with Gasteiger partial charge in [0.1, 0.15) is 5.82 Å². The molecule has 2 aromatic carbocycles. The summed E-state index contributed by atoms with van der Waals surface area (Å²) in [6.45, 7) is 0.0737. The van der Waals surface area contributed by atoms with E-state index in [1.807, 2.05) is 24.3 Å². The van der Waals surface area contributed by atoms with E-state index in [0.29, 0.717) is 6.42 Å². The molecule has 2 aromatic rings. The Bertz CT molecular complexity index is 586. The summed E-state index contributed by atoms with van der Waals surface area (Å²) in [5.74, 6) is -0.187. The zero-order valence-corrected chi connectivity index (χ0v) is 14.0. The average Bonchev–Trinajstić information content (AvgIpc) is 2.44. The van der Waals surface area contributed by atoms with Crippen molar-refractivity contribution >= 4 is 31.9 Å².